The molecule has 0 unspecified atom stereocenters. The largest absolute Gasteiger partial charge is 0.508 e. The predicted molar refractivity (Wildman–Crippen MR) is 94.3 cm³/mol. The zero-order valence-corrected chi connectivity index (χ0v) is 13.5. The maximum absolute atomic E-state index is 9.79. The Morgan fingerprint density at radius 2 is 1.91 bits per heavy atom. The van der Waals surface area contributed by atoms with Crippen LogP contribution in [0.25, 0.3) is 0 Å². The van der Waals surface area contributed by atoms with Gasteiger partial charge in [-0.1, -0.05) is 12.1 Å². The molecule has 0 spiro atoms. The number of nitrogens with one attached hydrogen (secondary N) is 2. The number of benzene rings is 2. The number of aromatic hydroxyl groups is 2. The summed E-state index contributed by atoms with van der Waals surface area (Å²) >= 11 is 5.17. The Balaban J connectivity index is 2.07. The molecule has 6 nitrogen and oxygen atoms in total. The lowest BCUT2D eigenvalue weighted by Gasteiger charge is -2.11. The van der Waals surface area contributed by atoms with E-state index in [0.29, 0.717) is 22.7 Å². The lowest BCUT2D eigenvalue weighted by molar-refractivity contribution is 0.417. The minimum Gasteiger partial charge on any atom is -0.508 e. The van der Waals surface area contributed by atoms with Crippen molar-refractivity contribution in [3.05, 3.63) is 48.0 Å². The van der Waals surface area contributed by atoms with Crippen LogP contribution in [0.3, 0.4) is 0 Å². The van der Waals surface area contributed by atoms with Gasteiger partial charge in [0.15, 0.2) is 5.11 Å². The summed E-state index contributed by atoms with van der Waals surface area (Å²) in [7, 11) is 1.57. The van der Waals surface area contributed by atoms with Gasteiger partial charge in [0.05, 0.1) is 18.5 Å². The van der Waals surface area contributed by atoms with E-state index < -0.39 is 0 Å². The van der Waals surface area contributed by atoms with Crippen molar-refractivity contribution in [3.8, 4) is 17.2 Å². The standard InChI is InChI=1S/C16H17N3O3S/c1-10(12-9-11(20)7-8-14(12)21)18-19-16(23)17-13-5-3-4-6-15(13)22-2/h3-9,20-21H,1-2H3,(H2,17,19,23)/b18-10+. The number of para-hydroxylation sites is 2. The first kappa shape index (κ1) is 16.6. The second-order valence-corrected chi connectivity index (χ2v) is 5.07. The number of anilines is 1. The third kappa shape index (κ3) is 4.33. The topological polar surface area (TPSA) is 86.1 Å². The quantitative estimate of drug-likeness (QED) is 0.298. The Morgan fingerprint density at radius 1 is 1.17 bits per heavy atom. The number of rotatable bonds is 4. The van der Waals surface area contributed by atoms with Gasteiger partial charge in [-0.25, -0.2) is 0 Å². The Kier molecular flexibility index (Phi) is 5.37. The van der Waals surface area contributed by atoms with E-state index >= 15 is 0 Å². The first-order chi connectivity index (χ1) is 11.0. The van der Waals surface area contributed by atoms with Crippen LogP contribution in [0.1, 0.15) is 12.5 Å². The van der Waals surface area contributed by atoms with Crippen LogP contribution in [-0.2, 0) is 0 Å². The first-order valence-electron chi connectivity index (χ1n) is 6.78. The minimum absolute atomic E-state index is 0.0226. The smallest absolute Gasteiger partial charge is 0.191 e. The molecule has 0 amide bonds. The van der Waals surface area contributed by atoms with Gasteiger partial charge in [-0.15, -0.1) is 0 Å². The predicted octanol–water partition coefficient (Wildman–Crippen LogP) is 2.82. The summed E-state index contributed by atoms with van der Waals surface area (Å²) in [6.45, 7) is 1.69. The third-order valence-electron chi connectivity index (χ3n) is 3.05. The van der Waals surface area contributed by atoms with Gasteiger partial charge in [-0.2, -0.15) is 5.10 Å². The highest BCUT2D eigenvalue weighted by Gasteiger charge is 2.07. The van der Waals surface area contributed by atoms with Crippen molar-refractivity contribution in [2.45, 2.75) is 6.92 Å². The Hall–Kier alpha value is -2.80. The van der Waals surface area contributed by atoms with Gasteiger partial charge in [-0.05, 0) is 49.5 Å². The lowest BCUT2D eigenvalue weighted by atomic mass is 10.1. The number of methoxy groups -OCH3 is 1. The molecule has 4 N–H and O–H groups in total. The zero-order chi connectivity index (χ0) is 16.8. The summed E-state index contributed by atoms with van der Waals surface area (Å²) in [5.74, 6) is 0.722. The maximum Gasteiger partial charge on any atom is 0.191 e. The average molecular weight is 331 g/mol. The molecule has 0 saturated heterocycles. The van der Waals surface area contributed by atoms with E-state index in [9.17, 15) is 10.2 Å². The summed E-state index contributed by atoms with van der Waals surface area (Å²) in [6, 6.07) is 11.6. The normalized spacial score (nSPS) is 11.0. The van der Waals surface area contributed by atoms with Crippen molar-refractivity contribution in [1.29, 1.82) is 0 Å². The molecule has 2 rings (SSSR count). The first-order valence-corrected chi connectivity index (χ1v) is 7.18. The van der Waals surface area contributed by atoms with Gasteiger partial charge in [0.2, 0.25) is 0 Å². The molecule has 0 heterocycles. The molecule has 0 fully saturated rings. The molecule has 0 aliphatic heterocycles. The van der Waals surface area contributed by atoms with Crippen LogP contribution < -0.4 is 15.5 Å². The average Bonchev–Trinajstić information content (AvgIpc) is 2.55. The Labute approximate surface area is 139 Å². The molecule has 0 radical (unpaired) electrons. The Bertz CT molecular complexity index is 747. The van der Waals surface area contributed by atoms with E-state index in [2.05, 4.69) is 15.8 Å². The van der Waals surface area contributed by atoms with E-state index in [4.69, 9.17) is 17.0 Å². The van der Waals surface area contributed by atoms with Crippen LogP contribution in [0.5, 0.6) is 17.2 Å². The van der Waals surface area contributed by atoms with Crippen LogP contribution in [0.2, 0.25) is 0 Å². The number of hydrogen-bond donors (Lipinski definition) is 4. The number of phenolic OH excluding ortho intramolecular Hbond substituents is 2. The van der Waals surface area contributed by atoms with Crippen LogP contribution >= 0.6 is 12.2 Å². The molecule has 0 aliphatic rings. The van der Waals surface area contributed by atoms with Gasteiger partial charge >= 0.3 is 0 Å². The molecule has 2 aromatic rings. The van der Waals surface area contributed by atoms with Gasteiger partial charge < -0.3 is 20.3 Å². The van der Waals surface area contributed by atoms with Crippen molar-refractivity contribution < 1.29 is 14.9 Å². The summed E-state index contributed by atoms with van der Waals surface area (Å²) in [4.78, 5) is 0. The molecule has 2 aromatic carbocycles. The van der Waals surface area contributed by atoms with E-state index in [-0.39, 0.29) is 16.6 Å². The fourth-order valence-electron chi connectivity index (χ4n) is 1.91. The fraction of sp³-hybridized carbons (Fsp3) is 0.125. The fourth-order valence-corrected chi connectivity index (χ4v) is 2.06. The molecule has 0 bridgehead atoms. The van der Waals surface area contributed by atoms with Crippen LogP contribution in [0.4, 0.5) is 5.69 Å². The molecular formula is C16H17N3O3S. The van der Waals surface area contributed by atoms with Gasteiger partial charge in [-0.3, -0.25) is 5.43 Å². The Morgan fingerprint density at radius 3 is 2.65 bits per heavy atom. The van der Waals surface area contributed by atoms with Crippen molar-refractivity contribution in [3.63, 3.8) is 0 Å². The molecule has 7 heteroatoms. The SMILES string of the molecule is COc1ccccc1NC(=S)N/N=C(\C)c1cc(O)ccc1O. The van der Waals surface area contributed by atoms with Crippen LogP contribution in [0, 0.1) is 0 Å². The lowest BCUT2D eigenvalue weighted by Crippen LogP contribution is -2.25. The molecule has 23 heavy (non-hydrogen) atoms. The highest BCUT2D eigenvalue weighted by Crippen LogP contribution is 2.23. The summed E-state index contributed by atoms with van der Waals surface area (Å²) in [5, 5.41) is 26.6. The molecule has 0 saturated carbocycles. The summed E-state index contributed by atoms with van der Waals surface area (Å²) < 4.78 is 5.22. The number of phenols is 2. The third-order valence-corrected chi connectivity index (χ3v) is 3.24. The van der Waals surface area contributed by atoms with Gasteiger partial charge in [0.25, 0.3) is 0 Å². The second-order valence-electron chi connectivity index (χ2n) is 4.66. The highest BCUT2D eigenvalue weighted by molar-refractivity contribution is 7.80. The van der Waals surface area contributed by atoms with E-state index in [1.807, 2.05) is 24.3 Å². The number of thiocarbonyl (C=S) groups is 1. The number of hydrazone groups is 1. The van der Waals surface area contributed by atoms with E-state index in [1.54, 1.807) is 14.0 Å². The van der Waals surface area contributed by atoms with Crippen molar-refractivity contribution in [2.24, 2.45) is 5.10 Å². The monoisotopic (exact) mass is 331 g/mol. The maximum atomic E-state index is 9.79. The molecular weight excluding hydrogens is 314 g/mol. The van der Waals surface area contributed by atoms with Crippen molar-refractivity contribution >= 4 is 28.7 Å². The number of hydrogen-bond acceptors (Lipinski definition) is 5. The number of ether oxygens (including phenoxy) is 1. The molecule has 0 aromatic heterocycles. The van der Waals surface area contributed by atoms with Gasteiger partial charge in [0, 0.05) is 5.56 Å². The van der Waals surface area contributed by atoms with Crippen molar-refractivity contribution in [2.75, 3.05) is 12.4 Å². The second kappa shape index (κ2) is 7.46. The number of nitrogens with zero attached hydrogens (tertiary/aromatic N) is 1. The summed E-state index contributed by atoms with van der Waals surface area (Å²) in [6.07, 6.45) is 0. The molecule has 120 valence electrons. The molecule has 0 aliphatic carbocycles. The van der Waals surface area contributed by atoms with Crippen LogP contribution in [-0.4, -0.2) is 28.1 Å². The zero-order valence-electron chi connectivity index (χ0n) is 12.7. The summed E-state index contributed by atoms with van der Waals surface area (Å²) in [5.41, 5.74) is 4.29. The minimum atomic E-state index is 0.0226. The van der Waals surface area contributed by atoms with E-state index in [0.717, 1.165) is 0 Å². The highest BCUT2D eigenvalue weighted by atomic mass is 32.1. The van der Waals surface area contributed by atoms with Crippen LogP contribution in [0.15, 0.2) is 47.6 Å². The van der Waals surface area contributed by atoms with Gasteiger partial charge in [0.1, 0.15) is 17.2 Å². The van der Waals surface area contributed by atoms with Crippen molar-refractivity contribution in [1.82, 2.24) is 5.43 Å². The molecule has 0 atom stereocenters. The van der Waals surface area contributed by atoms with E-state index in [1.165, 1.54) is 18.2 Å².